The number of rotatable bonds is 4. The van der Waals surface area contributed by atoms with Crippen molar-refractivity contribution < 1.29 is 19.4 Å². The SMILES string of the molecule is O=C(O)CC[C@H]1CCCN(C(=O)c2ccc3c(c2)CCO3)C1. The van der Waals surface area contributed by atoms with Crippen LogP contribution in [0.25, 0.3) is 0 Å². The second-order valence-corrected chi connectivity index (χ2v) is 6.11. The van der Waals surface area contributed by atoms with Crippen LogP contribution in [-0.4, -0.2) is 41.6 Å². The van der Waals surface area contributed by atoms with Crippen LogP contribution in [0.1, 0.15) is 41.6 Å². The number of carboxylic acid groups (broad SMARTS) is 1. The van der Waals surface area contributed by atoms with Crippen LogP contribution in [0.15, 0.2) is 18.2 Å². The van der Waals surface area contributed by atoms with E-state index in [1.807, 2.05) is 23.1 Å². The molecule has 2 heterocycles. The number of carbonyl (C=O) groups is 2. The number of piperidine rings is 1. The van der Waals surface area contributed by atoms with Crippen molar-refractivity contribution in [2.24, 2.45) is 5.92 Å². The van der Waals surface area contributed by atoms with Crippen molar-refractivity contribution in [3.05, 3.63) is 29.3 Å². The number of fused-ring (bicyclic) bond motifs is 1. The van der Waals surface area contributed by atoms with Gasteiger partial charge in [-0.15, -0.1) is 0 Å². The van der Waals surface area contributed by atoms with E-state index < -0.39 is 5.97 Å². The van der Waals surface area contributed by atoms with E-state index in [0.717, 1.165) is 37.1 Å². The smallest absolute Gasteiger partial charge is 0.303 e. The summed E-state index contributed by atoms with van der Waals surface area (Å²) in [5, 5.41) is 8.79. The van der Waals surface area contributed by atoms with Gasteiger partial charge >= 0.3 is 5.97 Å². The van der Waals surface area contributed by atoms with E-state index in [1.54, 1.807) is 0 Å². The van der Waals surface area contributed by atoms with E-state index in [9.17, 15) is 9.59 Å². The molecule has 0 spiro atoms. The number of hydrogen-bond acceptors (Lipinski definition) is 3. The Morgan fingerprint density at radius 1 is 1.36 bits per heavy atom. The maximum atomic E-state index is 12.7. The Labute approximate surface area is 129 Å². The topological polar surface area (TPSA) is 66.8 Å². The molecule has 0 aliphatic carbocycles. The fourth-order valence-corrected chi connectivity index (χ4v) is 3.31. The third-order valence-electron chi connectivity index (χ3n) is 4.51. The monoisotopic (exact) mass is 303 g/mol. The molecular weight excluding hydrogens is 282 g/mol. The van der Waals surface area contributed by atoms with Crippen LogP contribution in [-0.2, 0) is 11.2 Å². The van der Waals surface area contributed by atoms with Crippen molar-refractivity contribution in [2.75, 3.05) is 19.7 Å². The highest BCUT2D eigenvalue weighted by molar-refractivity contribution is 5.94. The third-order valence-corrected chi connectivity index (χ3v) is 4.51. The minimum atomic E-state index is -0.762. The standard InChI is InChI=1S/C17H21NO4/c19-16(20)6-3-12-2-1-8-18(11-12)17(21)14-4-5-15-13(10-14)7-9-22-15/h4-5,10,12H,1-3,6-9,11H2,(H,19,20)/t12-/m1/s1. The van der Waals surface area contributed by atoms with Gasteiger partial charge in [0.25, 0.3) is 5.91 Å². The van der Waals surface area contributed by atoms with Crippen molar-refractivity contribution in [3.8, 4) is 5.75 Å². The number of hydrogen-bond donors (Lipinski definition) is 1. The van der Waals surface area contributed by atoms with Gasteiger partial charge in [0.1, 0.15) is 5.75 Å². The van der Waals surface area contributed by atoms with Gasteiger partial charge in [-0.1, -0.05) is 0 Å². The highest BCUT2D eigenvalue weighted by atomic mass is 16.5. The fraction of sp³-hybridized carbons (Fsp3) is 0.529. The van der Waals surface area contributed by atoms with Gasteiger partial charge in [-0.05, 0) is 48.9 Å². The minimum absolute atomic E-state index is 0.0507. The molecule has 22 heavy (non-hydrogen) atoms. The van der Waals surface area contributed by atoms with E-state index in [-0.39, 0.29) is 12.3 Å². The molecule has 118 valence electrons. The number of carboxylic acids is 1. The number of ether oxygens (including phenoxy) is 1. The summed E-state index contributed by atoms with van der Waals surface area (Å²) in [6, 6.07) is 5.64. The summed E-state index contributed by atoms with van der Waals surface area (Å²) in [5.74, 6) is 0.470. The first kappa shape index (κ1) is 14.9. The van der Waals surface area contributed by atoms with Crippen molar-refractivity contribution in [2.45, 2.75) is 32.1 Å². The van der Waals surface area contributed by atoms with Crippen LogP contribution < -0.4 is 4.74 Å². The number of likely N-dealkylation sites (tertiary alicyclic amines) is 1. The van der Waals surface area contributed by atoms with Gasteiger partial charge in [0.15, 0.2) is 0 Å². The molecule has 0 saturated carbocycles. The molecule has 1 fully saturated rings. The van der Waals surface area contributed by atoms with Crippen LogP contribution >= 0.6 is 0 Å². The average Bonchev–Trinajstić information content (AvgIpc) is 3.00. The molecule has 1 aromatic rings. The van der Waals surface area contributed by atoms with Crippen LogP contribution in [0.4, 0.5) is 0 Å². The van der Waals surface area contributed by atoms with Gasteiger partial charge < -0.3 is 14.7 Å². The molecule has 1 atom stereocenters. The van der Waals surface area contributed by atoms with Gasteiger partial charge in [-0.2, -0.15) is 0 Å². The molecule has 1 saturated heterocycles. The molecular formula is C17H21NO4. The Kier molecular flexibility index (Phi) is 4.32. The first-order valence-electron chi connectivity index (χ1n) is 7.90. The van der Waals surface area contributed by atoms with E-state index in [0.29, 0.717) is 31.1 Å². The van der Waals surface area contributed by atoms with E-state index in [1.165, 1.54) is 0 Å². The summed E-state index contributed by atoms with van der Waals surface area (Å²) >= 11 is 0. The highest BCUT2D eigenvalue weighted by Gasteiger charge is 2.25. The predicted octanol–water partition coefficient (Wildman–Crippen LogP) is 2.34. The Morgan fingerprint density at radius 3 is 3.05 bits per heavy atom. The molecule has 0 bridgehead atoms. The van der Waals surface area contributed by atoms with Gasteiger partial charge in [0.05, 0.1) is 6.61 Å². The van der Waals surface area contributed by atoms with Crippen molar-refractivity contribution in [3.63, 3.8) is 0 Å². The lowest BCUT2D eigenvalue weighted by Gasteiger charge is -2.32. The maximum Gasteiger partial charge on any atom is 0.303 e. The molecule has 3 rings (SSSR count). The zero-order valence-corrected chi connectivity index (χ0v) is 12.6. The first-order valence-corrected chi connectivity index (χ1v) is 7.90. The van der Waals surface area contributed by atoms with Crippen molar-refractivity contribution >= 4 is 11.9 Å². The summed E-state index contributed by atoms with van der Waals surface area (Å²) in [4.78, 5) is 25.2. The number of nitrogens with zero attached hydrogens (tertiary/aromatic N) is 1. The summed E-state index contributed by atoms with van der Waals surface area (Å²) in [6.45, 7) is 2.11. The molecule has 0 radical (unpaired) electrons. The lowest BCUT2D eigenvalue weighted by atomic mass is 9.93. The molecule has 1 aromatic carbocycles. The number of aliphatic carboxylic acids is 1. The van der Waals surface area contributed by atoms with Crippen molar-refractivity contribution in [1.82, 2.24) is 4.90 Å². The Hall–Kier alpha value is -2.04. The molecule has 0 unspecified atom stereocenters. The van der Waals surface area contributed by atoms with Gasteiger partial charge in [0.2, 0.25) is 0 Å². The minimum Gasteiger partial charge on any atom is -0.493 e. The molecule has 2 aliphatic heterocycles. The zero-order valence-electron chi connectivity index (χ0n) is 12.6. The molecule has 5 heteroatoms. The van der Waals surface area contributed by atoms with E-state index in [4.69, 9.17) is 9.84 Å². The predicted molar refractivity (Wildman–Crippen MR) is 81.1 cm³/mol. The van der Waals surface area contributed by atoms with Crippen molar-refractivity contribution in [1.29, 1.82) is 0 Å². The van der Waals surface area contributed by atoms with Gasteiger partial charge in [0, 0.05) is 31.5 Å². The summed E-state index contributed by atoms with van der Waals surface area (Å²) in [7, 11) is 0. The number of benzene rings is 1. The highest BCUT2D eigenvalue weighted by Crippen LogP contribution is 2.28. The van der Waals surface area contributed by atoms with Gasteiger partial charge in [-0.25, -0.2) is 0 Å². The quantitative estimate of drug-likeness (QED) is 0.927. The normalized spacial score (nSPS) is 20.4. The summed E-state index contributed by atoms with van der Waals surface area (Å²) < 4.78 is 5.47. The first-order chi connectivity index (χ1) is 10.6. The maximum absolute atomic E-state index is 12.7. The molecule has 5 nitrogen and oxygen atoms in total. The number of carbonyl (C=O) groups excluding carboxylic acids is 1. The lowest BCUT2D eigenvalue weighted by Crippen LogP contribution is -2.40. The Morgan fingerprint density at radius 2 is 2.23 bits per heavy atom. The zero-order chi connectivity index (χ0) is 15.5. The van der Waals surface area contributed by atoms with Crippen LogP contribution in [0.5, 0.6) is 5.75 Å². The summed E-state index contributed by atoms with van der Waals surface area (Å²) in [5.41, 5.74) is 1.81. The van der Waals surface area contributed by atoms with E-state index >= 15 is 0 Å². The largest absolute Gasteiger partial charge is 0.493 e. The average molecular weight is 303 g/mol. The molecule has 0 aromatic heterocycles. The molecule has 1 N–H and O–H groups in total. The van der Waals surface area contributed by atoms with E-state index in [2.05, 4.69) is 0 Å². The fourth-order valence-electron chi connectivity index (χ4n) is 3.31. The van der Waals surface area contributed by atoms with Gasteiger partial charge in [-0.3, -0.25) is 9.59 Å². The molecule has 2 aliphatic rings. The second-order valence-electron chi connectivity index (χ2n) is 6.11. The third kappa shape index (κ3) is 3.24. The van der Waals surface area contributed by atoms with Crippen LogP contribution in [0.3, 0.4) is 0 Å². The van der Waals surface area contributed by atoms with Crippen LogP contribution in [0, 0.1) is 5.92 Å². The Balaban J connectivity index is 1.65. The summed E-state index contributed by atoms with van der Waals surface area (Å²) in [6.07, 6.45) is 3.65. The number of amides is 1. The Bertz CT molecular complexity index is 584. The lowest BCUT2D eigenvalue weighted by molar-refractivity contribution is -0.137. The van der Waals surface area contributed by atoms with Crippen LogP contribution in [0.2, 0.25) is 0 Å². The second kappa shape index (κ2) is 6.38. The molecule has 1 amide bonds.